The minimum atomic E-state index is -0.431. The quantitative estimate of drug-likeness (QED) is 0.405. The largest absolute Gasteiger partial charge is 0.465 e. The van der Waals surface area contributed by atoms with Gasteiger partial charge in [-0.1, -0.05) is 5.57 Å². The van der Waals surface area contributed by atoms with Crippen molar-refractivity contribution in [3.05, 3.63) is 11.6 Å². The molecule has 0 radical (unpaired) electrons. The summed E-state index contributed by atoms with van der Waals surface area (Å²) in [6, 6.07) is 0. The first-order valence-electron chi connectivity index (χ1n) is 6.69. The van der Waals surface area contributed by atoms with E-state index < -0.39 is 5.41 Å². The Hall–Kier alpha value is -1.32. The van der Waals surface area contributed by atoms with Crippen LogP contribution >= 0.6 is 0 Å². The van der Waals surface area contributed by atoms with E-state index in [9.17, 15) is 9.59 Å². The van der Waals surface area contributed by atoms with Crippen molar-refractivity contribution >= 4 is 11.9 Å². The van der Waals surface area contributed by atoms with Crippen molar-refractivity contribution in [2.24, 2.45) is 5.41 Å². The van der Waals surface area contributed by atoms with Gasteiger partial charge in [-0.3, -0.25) is 9.59 Å². The second-order valence-electron chi connectivity index (χ2n) is 5.70. The molecule has 0 aromatic rings. The molecule has 4 heteroatoms. The summed E-state index contributed by atoms with van der Waals surface area (Å²) in [5.41, 5.74) is 0.753. The van der Waals surface area contributed by atoms with Crippen molar-refractivity contribution in [2.45, 2.75) is 53.9 Å². The minimum absolute atomic E-state index is 0.158. The summed E-state index contributed by atoms with van der Waals surface area (Å²) in [6.07, 6.45) is 4.64. The maximum absolute atomic E-state index is 11.5. The average Bonchev–Trinajstić information content (AvgIpc) is 2.26. The van der Waals surface area contributed by atoms with Gasteiger partial charge in [0.05, 0.1) is 12.0 Å². The van der Waals surface area contributed by atoms with E-state index in [1.807, 2.05) is 33.8 Å². The standard InChI is InChI=1S/C15H26O4/c1-12(9-11-18-13(2)16)8-6-7-10-19-14(17)15(3,4)5/h9H,6-8,10-11H2,1-5H3/b12-9+. The third-order valence-corrected chi connectivity index (χ3v) is 2.53. The van der Waals surface area contributed by atoms with Crippen LogP contribution in [0.15, 0.2) is 11.6 Å². The van der Waals surface area contributed by atoms with Gasteiger partial charge in [-0.25, -0.2) is 0 Å². The van der Waals surface area contributed by atoms with Crippen LogP contribution in [0.5, 0.6) is 0 Å². The Balaban J connectivity index is 3.64. The fourth-order valence-electron chi connectivity index (χ4n) is 1.29. The highest BCUT2D eigenvalue weighted by atomic mass is 16.5. The topological polar surface area (TPSA) is 52.6 Å². The molecular weight excluding hydrogens is 244 g/mol. The van der Waals surface area contributed by atoms with Crippen LogP contribution in [-0.4, -0.2) is 25.2 Å². The monoisotopic (exact) mass is 270 g/mol. The number of esters is 2. The predicted octanol–water partition coefficient (Wildman–Crippen LogP) is 3.26. The van der Waals surface area contributed by atoms with Crippen molar-refractivity contribution in [1.29, 1.82) is 0 Å². The first-order chi connectivity index (χ1) is 8.73. The summed E-state index contributed by atoms with van der Waals surface area (Å²) in [5, 5.41) is 0. The van der Waals surface area contributed by atoms with Crippen molar-refractivity contribution in [3.8, 4) is 0 Å². The fraction of sp³-hybridized carbons (Fsp3) is 0.733. The zero-order chi connectivity index (χ0) is 14.9. The van der Waals surface area contributed by atoms with Gasteiger partial charge in [-0.05, 0) is 53.0 Å². The molecule has 0 aromatic heterocycles. The number of carbonyl (C=O) groups is 2. The van der Waals surface area contributed by atoms with Gasteiger partial charge in [0, 0.05) is 6.92 Å². The number of hydrogen-bond donors (Lipinski definition) is 0. The zero-order valence-electron chi connectivity index (χ0n) is 12.7. The Morgan fingerprint density at radius 3 is 2.21 bits per heavy atom. The zero-order valence-corrected chi connectivity index (χ0v) is 12.7. The summed E-state index contributed by atoms with van der Waals surface area (Å²) >= 11 is 0. The Kier molecular flexibility index (Phi) is 8.12. The molecule has 0 rings (SSSR count). The Morgan fingerprint density at radius 1 is 1.05 bits per heavy atom. The van der Waals surface area contributed by atoms with E-state index >= 15 is 0 Å². The van der Waals surface area contributed by atoms with E-state index in [-0.39, 0.29) is 11.9 Å². The molecule has 0 spiro atoms. The highest BCUT2D eigenvalue weighted by Crippen LogP contribution is 2.15. The Bertz CT molecular complexity index is 324. The molecule has 0 bridgehead atoms. The lowest BCUT2D eigenvalue weighted by molar-refractivity contribution is -0.153. The molecule has 0 aliphatic rings. The molecule has 0 saturated carbocycles. The van der Waals surface area contributed by atoms with Crippen LogP contribution in [0.2, 0.25) is 0 Å². The first kappa shape index (κ1) is 17.7. The number of allylic oxidation sites excluding steroid dienone is 1. The van der Waals surface area contributed by atoms with E-state index in [0.717, 1.165) is 19.3 Å². The molecule has 0 amide bonds. The summed E-state index contributed by atoms with van der Waals surface area (Å²) < 4.78 is 10.00. The molecule has 0 aromatic carbocycles. The second-order valence-corrected chi connectivity index (χ2v) is 5.70. The van der Waals surface area contributed by atoms with Crippen LogP contribution in [0.25, 0.3) is 0 Å². The minimum Gasteiger partial charge on any atom is -0.465 e. The average molecular weight is 270 g/mol. The number of unbranched alkanes of at least 4 members (excludes halogenated alkanes) is 1. The molecule has 0 saturated heterocycles. The summed E-state index contributed by atoms with van der Waals surface area (Å²) in [7, 11) is 0. The van der Waals surface area contributed by atoms with Crippen LogP contribution in [0.3, 0.4) is 0 Å². The van der Waals surface area contributed by atoms with Crippen LogP contribution in [0, 0.1) is 5.41 Å². The third kappa shape index (κ3) is 10.3. The predicted molar refractivity (Wildman–Crippen MR) is 74.7 cm³/mol. The van der Waals surface area contributed by atoms with Gasteiger partial charge in [0.1, 0.15) is 6.61 Å². The van der Waals surface area contributed by atoms with Crippen molar-refractivity contribution in [1.82, 2.24) is 0 Å². The van der Waals surface area contributed by atoms with Crippen molar-refractivity contribution in [3.63, 3.8) is 0 Å². The molecule has 0 heterocycles. The van der Waals surface area contributed by atoms with E-state index in [4.69, 9.17) is 9.47 Å². The lowest BCUT2D eigenvalue weighted by Gasteiger charge is -2.16. The lowest BCUT2D eigenvalue weighted by Crippen LogP contribution is -2.23. The summed E-state index contributed by atoms with van der Waals surface area (Å²) in [6.45, 7) is 9.73. The summed E-state index contributed by atoms with van der Waals surface area (Å²) in [5.74, 6) is -0.423. The molecule has 0 N–H and O–H groups in total. The van der Waals surface area contributed by atoms with E-state index in [0.29, 0.717) is 13.2 Å². The summed E-state index contributed by atoms with van der Waals surface area (Å²) in [4.78, 5) is 22.1. The third-order valence-electron chi connectivity index (χ3n) is 2.53. The van der Waals surface area contributed by atoms with E-state index in [1.54, 1.807) is 0 Å². The van der Waals surface area contributed by atoms with Gasteiger partial charge in [-0.2, -0.15) is 0 Å². The Morgan fingerprint density at radius 2 is 1.68 bits per heavy atom. The molecule has 0 aliphatic heterocycles. The number of hydrogen-bond acceptors (Lipinski definition) is 4. The van der Waals surface area contributed by atoms with Crippen molar-refractivity contribution < 1.29 is 19.1 Å². The number of carbonyl (C=O) groups excluding carboxylic acids is 2. The molecule has 0 aliphatic carbocycles. The van der Waals surface area contributed by atoms with Crippen LogP contribution in [-0.2, 0) is 19.1 Å². The number of rotatable bonds is 7. The normalized spacial score (nSPS) is 12.2. The lowest BCUT2D eigenvalue weighted by atomic mass is 9.97. The molecular formula is C15H26O4. The van der Waals surface area contributed by atoms with Gasteiger partial charge in [0.25, 0.3) is 0 Å². The molecule has 4 nitrogen and oxygen atoms in total. The van der Waals surface area contributed by atoms with Gasteiger partial charge < -0.3 is 9.47 Å². The highest BCUT2D eigenvalue weighted by Gasteiger charge is 2.22. The van der Waals surface area contributed by atoms with Gasteiger partial charge in [0.15, 0.2) is 0 Å². The molecule has 0 atom stereocenters. The molecule has 110 valence electrons. The van der Waals surface area contributed by atoms with Crippen LogP contribution < -0.4 is 0 Å². The van der Waals surface area contributed by atoms with Gasteiger partial charge in [0.2, 0.25) is 0 Å². The van der Waals surface area contributed by atoms with Gasteiger partial charge in [-0.15, -0.1) is 0 Å². The van der Waals surface area contributed by atoms with Crippen LogP contribution in [0.4, 0.5) is 0 Å². The smallest absolute Gasteiger partial charge is 0.311 e. The second kappa shape index (κ2) is 8.73. The van der Waals surface area contributed by atoms with Crippen molar-refractivity contribution in [2.75, 3.05) is 13.2 Å². The van der Waals surface area contributed by atoms with Gasteiger partial charge >= 0.3 is 11.9 Å². The Labute approximate surface area is 116 Å². The molecule has 0 fully saturated rings. The first-order valence-corrected chi connectivity index (χ1v) is 6.69. The SMILES string of the molecule is CC(=O)OC/C=C(\C)CCCCOC(=O)C(C)(C)C. The van der Waals surface area contributed by atoms with Crippen LogP contribution in [0.1, 0.15) is 53.9 Å². The molecule has 19 heavy (non-hydrogen) atoms. The fourth-order valence-corrected chi connectivity index (χ4v) is 1.29. The maximum atomic E-state index is 11.5. The maximum Gasteiger partial charge on any atom is 0.311 e. The van der Waals surface area contributed by atoms with E-state index in [1.165, 1.54) is 12.5 Å². The highest BCUT2D eigenvalue weighted by molar-refractivity contribution is 5.75. The molecule has 0 unspecified atom stereocenters. The van der Waals surface area contributed by atoms with E-state index in [2.05, 4.69) is 0 Å². The number of ether oxygens (including phenoxy) is 2.